The van der Waals surface area contributed by atoms with Crippen LogP contribution < -0.4 is 5.32 Å². The molecular weight excluding hydrogens is 389 g/mol. The zero-order valence-electron chi connectivity index (χ0n) is 11.1. The summed E-state index contributed by atoms with van der Waals surface area (Å²) in [5.74, 6) is 0. The lowest BCUT2D eigenvalue weighted by Crippen LogP contribution is -2.07. The van der Waals surface area contributed by atoms with Crippen molar-refractivity contribution in [1.82, 2.24) is 4.98 Å². The second-order valence-electron chi connectivity index (χ2n) is 4.31. The summed E-state index contributed by atoms with van der Waals surface area (Å²) in [4.78, 5) is 16.0. The molecule has 1 atom stereocenters. The highest BCUT2D eigenvalue weighted by Gasteiger charge is 2.13. The van der Waals surface area contributed by atoms with Gasteiger partial charge in [0, 0.05) is 32.5 Å². The Kier molecular flexibility index (Phi) is 4.92. The van der Waals surface area contributed by atoms with Gasteiger partial charge in [0.2, 0.25) is 0 Å². The van der Waals surface area contributed by atoms with Crippen molar-refractivity contribution >= 4 is 45.3 Å². The van der Waals surface area contributed by atoms with Crippen molar-refractivity contribution in [2.45, 2.75) is 26.3 Å². The van der Waals surface area contributed by atoms with Crippen LogP contribution in [0.5, 0.6) is 0 Å². The molecule has 0 amide bonds. The molecule has 1 heterocycles. The minimum absolute atomic E-state index is 0.0790. The minimum Gasteiger partial charge on any atom is -0.375 e. The Morgan fingerprint density at radius 2 is 2.30 bits per heavy atom. The van der Waals surface area contributed by atoms with Crippen LogP contribution in [-0.2, 0) is 6.42 Å². The summed E-state index contributed by atoms with van der Waals surface area (Å²) in [5, 5.41) is 15.1. The van der Waals surface area contributed by atoms with E-state index < -0.39 is 0 Å². The molecule has 2 rings (SSSR count). The molecule has 7 heteroatoms. The molecule has 0 radical (unpaired) electrons. The SMILES string of the molecule is CCc1cnc(C(C)Nc2ccc([N+](=O)[O-])cc2I)s1. The first kappa shape index (κ1) is 15.2. The second-order valence-corrected chi connectivity index (χ2v) is 6.61. The first-order valence-electron chi connectivity index (χ1n) is 6.16. The van der Waals surface area contributed by atoms with Gasteiger partial charge < -0.3 is 5.32 Å². The number of anilines is 1. The lowest BCUT2D eigenvalue weighted by atomic mass is 10.2. The second kappa shape index (κ2) is 6.49. The van der Waals surface area contributed by atoms with Crippen LogP contribution in [0.2, 0.25) is 0 Å². The van der Waals surface area contributed by atoms with Gasteiger partial charge in [-0.1, -0.05) is 6.92 Å². The number of hydrogen-bond acceptors (Lipinski definition) is 5. The molecule has 1 unspecified atom stereocenters. The molecule has 20 heavy (non-hydrogen) atoms. The Morgan fingerprint density at radius 3 is 2.85 bits per heavy atom. The van der Waals surface area contributed by atoms with Gasteiger partial charge in [0.25, 0.3) is 5.69 Å². The van der Waals surface area contributed by atoms with E-state index in [0.29, 0.717) is 0 Å². The van der Waals surface area contributed by atoms with Gasteiger partial charge in [-0.25, -0.2) is 4.98 Å². The molecule has 2 aromatic rings. The van der Waals surface area contributed by atoms with E-state index in [1.807, 2.05) is 13.1 Å². The zero-order chi connectivity index (χ0) is 14.7. The normalized spacial score (nSPS) is 12.2. The number of nitrogens with zero attached hydrogens (tertiary/aromatic N) is 2. The van der Waals surface area contributed by atoms with Gasteiger partial charge in [-0.2, -0.15) is 0 Å². The summed E-state index contributed by atoms with van der Waals surface area (Å²) in [6.07, 6.45) is 2.89. The summed E-state index contributed by atoms with van der Waals surface area (Å²) in [6, 6.07) is 4.89. The number of thiazole rings is 1. The monoisotopic (exact) mass is 403 g/mol. The van der Waals surface area contributed by atoms with Crippen LogP contribution in [-0.4, -0.2) is 9.91 Å². The smallest absolute Gasteiger partial charge is 0.270 e. The number of benzene rings is 1. The van der Waals surface area contributed by atoms with Gasteiger partial charge >= 0.3 is 0 Å². The van der Waals surface area contributed by atoms with Crippen LogP contribution in [0.25, 0.3) is 0 Å². The predicted octanol–water partition coefficient (Wildman–Crippen LogP) is 4.39. The van der Waals surface area contributed by atoms with Gasteiger partial charge in [0.1, 0.15) is 5.01 Å². The van der Waals surface area contributed by atoms with Crippen molar-refractivity contribution in [3.05, 3.63) is 48.0 Å². The van der Waals surface area contributed by atoms with E-state index >= 15 is 0 Å². The zero-order valence-corrected chi connectivity index (χ0v) is 14.1. The highest BCUT2D eigenvalue weighted by Crippen LogP contribution is 2.28. The number of nitro benzene ring substituents is 1. The summed E-state index contributed by atoms with van der Waals surface area (Å²) < 4.78 is 0.830. The third kappa shape index (κ3) is 3.45. The van der Waals surface area contributed by atoms with Crippen LogP contribution in [0.1, 0.15) is 29.8 Å². The molecule has 0 aliphatic carbocycles. The highest BCUT2D eigenvalue weighted by atomic mass is 127. The Labute approximate surface area is 134 Å². The van der Waals surface area contributed by atoms with Gasteiger partial charge in [0.15, 0.2) is 0 Å². The fourth-order valence-electron chi connectivity index (χ4n) is 1.72. The van der Waals surface area contributed by atoms with Gasteiger partial charge in [0.05, 0.1) is 11.0 Å². The van der Waals surface area contributed by atoms with E-state index in [2.05, 4.69) is 39.8 Å². The molecular formula is C13H14IN3O2S. The van der Waals surface area contributed by atoms with Crippen LogP contribution >= 0.6 is 33.9 Å². The number of aromatic nitrogens is 1. The van der Waals surface area contributed by atoms with Crippen molar-refractivity contribution in [1.29, 1.82) is 0 Å². The van der Waals surface area contributed by atoms with Crippen molar-refractivity contribution in [2.24, 2.45) is 0 Å². The molecule has 1 aromatic carbocycles. The molecule has 0 aliphatic heterocycles. The molecule has 0 fully saturated rings. The van der Waals surface area contributed by atoms with E-state index in [1.54, 1.807) is 23.5 Å². The molecule has 0 saturated heterocycles. The van der Waals surface area contributed by atoms with Crippen molar-refractivity contribution in [2.75, 3.05) is 5.32 Å². The average Bonchev–Trinajstić information content (AvgIpc) is 2.89. The van der Waals surface area contributed by atoms with Gasteiger partial charge in [-0.05, 0) is 42.0 Å². The first-order valence-corrected chi connectivity index (χ1v) is 8.06. The number of hydrogen-bond donors (Lipinski definition) is 1. The molecule has 1 N–H and O–H groups in total. The van der Waals surface area contributed by atoms with E-state index in [1.165, 1.54) is 10.9 Å². The maximum absolute atomic E-state index is 10.7. The van der Waals surface area contributed by atoms with E-state index in [4.69, 9.17) is 0 Å². The third-order valence-electron chi connectivity index (χ3n) is 2.83. The quantitative estimate of drug-likeness (QED) is 0.457. The lowest BCUT2D eigenvalue weighted by molar-refractivity contribution is -0.384. The predicted molar refractivity (Wildman–Crippen MR) is 89.3 cm³/mol. The Balaban J connectivity index is 2.15. The number of aryl methyl sites for hydroxylation is 1. The minimum atomic E-state index is -0.385. The van der Waals surface area contributed by atoms with Crippen molar-refractivity contribution in [3.63, 3.8) is 0 Å². The summed E-state index contributed by atoms with van der Waals surface area (Å²) in [5.41, 5.74) is 0.993. The summed E-state index contributed by atoms with van der Waals surface area (Å²) in [7, 11) is 0. The number of nitro groups is 1. The Bertz CT molecular complexity index is 630. The van der Waals surface area contributed by atoms with Crippen molar-refractivity contribution in [3.8, 4) is 0 Å². The van der Waals surface area contributed by atoms with Crippen LogP contribution in [0, 0.1) is 13.7 Å². The summed E-state index contributed by atoms with van der Waals surface area (Å²) >= 11 is 3.79. The van der Waals surface area contributed by atoms with Gasteiger partial charge in [-0.3, -0.25) is 10.1 Å². The van der Waals surface area contributed by atoms with E-state index in [-0.39, 0.29) is 16.7 Å². The van der Waals surface area contributed by atoms with Crippen LogP contribution in [0.3, 0.4) is 0 Å². The highest BCUT2D eigenvalue weighted by molar-refractivity contribution is 14.1. The maximum Gasteiger partial charge on any atom is 0.270 e. The summed E-state index contributed by atoms with van der Waals surface area (Å²) in [6.45, 7) is 4.14. The Hall–Kier alpha value is -1.22. The van der Waals surface area contributed by atoms with Crippen LogP contribution in [0.15, 0.2) is 24.4 Å². The molecule has 106 valence electrons. The first-order chi connectivity index (χ1) is 9.51. The van der Waals surface area contributed by atoms with Gasteiger partial charge in [-0.15, -0.1) is 11.3 Å². The fraction of sp³-hybridized carbons (Fsp3) is 0.308. The average molecular weight is 403 g/mol. The molecule has 5 nitrogen and oxygen atoms in total. The number of non-ortho nitro benzene ring substituents is 1. The molecule has 0 bridgehead atoms. The fourth-order valence-corrected chi connectivity index (χ4v) is 3.23. The van der Waals surface area contributed by atoms with Crippen LogP contribution in [0.4, 0.5) is 11.4 Å². The maximum atomic E-state index is 10.7. The lowest BCUT2D eigenvalue weighted by Gasteiger charge is -2.14. The van der Waals surface area contributed by atoms with E-state index in [0.717, 1.165) is 20.7 Å². The van der Waals surface area contributed by atoms with E-state index in [9.17, 15) is 10.1 Å². The molecule has 0 saturated carbocycles. The molecule has 0 spiro atoms. The largest absolute Gasteiger partial charge is 0.375 e. The Morgan fingerprint density at radius 1 is 1.55 bits per heavy atom. The topological polar surface area (TPSA) is 68.1 Å². The third-order valence-corrected chi connectivity index (χ3v) is 5.04. The van der Waals surface area contributed by atoms with Crippen molar-refractivity contribution < 1.29 is 4.92 Å². The number of halogens is 1. The molecule has 0 aliphatic rings. The standard InChI is InChI=1S/C13H14IN3O2S/c1-3-10-7-15-13(20-10)8(2)16-12-5-4-9(17(18)19)6-11(12)14/h4-8,16H,3H2,1-2H3. The molecule has 1 aromatic heterocycles. The number of rotatable bonds is 5. The number of nitrogens with one attached hydrogen (secondary N) is 1.